The van der Waals surface area contributed by atoms with Crippen LogP contribution in [0.1, 0.15) is 46.5 Å². The van der Waals surface area contributed by atoms with Gasteiger partial charge in [0.15, 0.2) is 0 Å². The fourth-order valence-corrected chi connectivity index (χ4v) is 2.59. The Hall–Kier alpha value is -1.22. The summed E-state index contributed by atoms with van der Waals surface area (Å²) in [6, 6.07) is 0. The maximum atomic E-state index is 12.0. The summed E-state index contributed by atoms with van der Waals surface area (Å²) in [6.07, 6.45) is 2.99. The number of piperidine rings is 1. The Morgan fingerprint density at radius 1 is 0.929 bits per heavy atom. The van der Waals surface area contributed by atoms with Crippen LogP contribution in [-0.4, -0.2) is 89.2 Å². The molecule has 0 saturated carbocycles. The summed E-state index contributed by atoms with van der Waals surface area (Å²) in [5, 5.41) is 2.73. The van der Waals surface area contributed by atoms with Crippen molar-refractivity contribution < 1.29 is 28.5 Å². The Labute approximate surface area is 170 Å². The molecule has 1 aliphatic rings. The zero-order valence-corrected chi connectivity index (χ0v) is 18.2. The van der Waals surface area contributed by atoms with Gasteiger partial charge < -0.3 is 29.2 Å². The van der Waals surface area contributed by atoms with E-state index in [1.807, 2.05) is 25.7 Å². The fraction of sp³-hybridized carbons (Fsp3) is 0.900. The van der Waals surface area contributed by atoms with Gasteiger partial charge >= 0.3 is 0 Å². The van der Waals surface area contributed by atoms with Crippen LogP contribution in [0.3, 0.4) is 0 Å². The second kappa shape index (κ2) is 19.1. The monoisotopic (exact) mass is 404 g/mol. The summed E-state index contributed by atoms with van der Waals surface area (Å²) in [5.74, 6) is 0.170. The van der Waals surface area contributed by atoms with Crippen molar-refractivity contribution in [1.29, 1.82) is 0 Å². The first-order valence-corrected chi connectivity index (χ1v) is 10.5. The lowest BCUT2D eigenvalue weighted by Crippen LogP contribution is -2.40. The fourth-order valence-electron chi connectivity index (χ4n) is 2.59. The van der Waals surface area contributed by atoms with Crippen LogP contribution in [0.25, 0.3) is 0 Å². The molecule has 0 bridgehead atoms. The van der Waals surface area contributed by atoms with Crippen molar-refractivity contribution in [3.63, 3.8) is 0 Å². The molecule has 0 unspecified atom stereocenters. The molecule has 1 rings (SSSR count). The van der Waals surface area contributed by atoms with Crippen molar-refractivity contribution in [2.75, 3.05) is 66.4 Å². The van der Waals surface area contributed by atoms with E-state index in [4.69, 9.17) is 18.9 Å². The summed E-state index contributed by atoms with van der Waals surface area (Å²) in [5.41, 5.74) is 0. The van der Waals surface area contributed by atoms with Gasteiger partial charge in [-0.3, -0.25) is 9.59 Å². The van der Waals surface area contributed by atoms with Gasteiger partial charge in [0.1, 0.15) is 0 Å². The Bertz CT molecular complexity index is 387. The number of likely N-dealkylation sites (tertiary alicyclic amines) is 1. The lowest BCUT2D eigenvalue weighted by atomic mass is 10.1. The van der Waals surface area contributed by atoms with E-state index in [1.54, 1.807) is 7.11 Å². The minimum absolute atomic E-state index is 0.0277. The van der Waals surface area contributed by atoms with E-state index in [1.165, 1.54) is 0 Å². The molecule has 1 fully saturated rings. The van der Waals surface area contributed by atoms with Crippen molar-refractivity contribution in [2.24, 2.45) is 0 Å². The molecule has 0 aromatic rings. The summed E-state index contributed by atoms with van der Waals surface area (Å²) in [6.45, 7) is 10.7. The first-order valence-electron chi connectivity index (χ1n) is 10.5. The zero-order chi connectivity index (χ0) is 21.0. The average molecular weight is 405 g/mol. The molecule has 0 radical (unpaired) electrons. The average Bonchev–Trinajstić information content (AvgIpc) is 2.75. The molecule has 1 heterocycles. The zero-order valence-electron chi connectivity index (χ0n) is 18.2. The van der Waals surface area contributed by atoms with Crippen LogP contribution >= 0.6 is 0 Å². The van der Waals surface area contributed by atoms with Crippen LogP contribution in [0.15, 0.2) is 0 Å². The highest BCUT2D eigenvalue weighted by atomic mass is 16.5. The van der Waals surface area contributed by atoms with E-state index < -0.39 is 0 Å². The van der Waals surface area contributed by atoms with Crippen LogP contribution < -0.4 is 5.32 Å². The number of hydrogen-bond donors (Lipinski definition) is 1. The van der Waals surface area contributed by atoms with Gasteiger partial charge in [0.2, 0.25) is 11.8 Å². The molecular formula is C20H40N2O6. The minimum atomic E-state index is 0.0277. The van der Waals surface area contributed by atoms with Crippen LogP contribution in [0.4, 0.5) is 0 Å². The molecule has 1 saturated heterocycles. The van der Waals surface area contributed by atoms with E-state index in [0.29, 0.717) is 59.0 Å². The van der Waals surface area contributed by atoms with Gasteiger partial charge in [-0.05, 0) is 12.8 Å². The maximum absolute atomic E-state index is 12.0. The quantitative estimate of drug-likeness (QED) is 0.443. The van der Waals surface area contributed by atoms with Crippen LogP contribution in [-0.2, 0) is 28.5 Å². The number of nitrogens with zero attached hydrogens (tertiary/aromatic N) is 1. The van der Waals surface area contributed by atoms with E-state index >= 15 is 0 Å². The van der Waals surface area contributed by atoms with E-state index in [-0.39, 0.29) is 17.9 Å². The molecule has 0 aromatic carbocycles. The second-order valence-electron chi connectivity index (χ2n) is 6.11. The van der Waals surface area contributed by atoms with Crippen molar-refractivity contribution in [1.82, 2.24) is 10.2 Å². The number of ether oxygens (including phenoxy) is 4. The molecule has 0 spiro atoms. The highest BCUT2D eigenvalue weighted by molar-refractivity contribution is 5.76. The third kappa shape index (κ3) is 13.9. The van der Waals surface area contributed by atoms with Gasteiger partial charge in [-0.2, -0.15) is 0 Å². The van der Waals surface area contributed by atoms with Gasteiger partial charge in [0.05, 0.1) is 52.2 Å². The summed E-state index contributed by atoms with van der Waals surface area (Å²) < 4.78 is 21.5. The normalized spacial score (nSPS) is 14.4. The van der Waals surface area contributed by atoms with E-state index in [9.17, 15) is 9.59 Å². The Balaban J connectivity index is 0.00000352. The second-order valence-corrected chi connectivity index (χ2v) is 6.11. The topological polar surface area (TPSA) is 86.3 Å². The van der Waals surface area contributed by atoms with Crippen LogP contribution in [0.2, 0.25) is 0 Å². The number of hydrogen-bond acceptors (Lipinski definition) is 6. The van der Waals surface area contributed by atoms with Crippen molar-refractivity contribution in [3.05, 3.63) is 0 Å². The van der Waals surface area contributed by atoms with E-state index in [2.05, 4.69) is 5.32 Å². The molecule has 0 atom stereocenters. The minimum Gasteiger partial charge on any atom is -0.381 e. The molecule has 2 amide bonds. The molecule has 166 valence electrons. The predicted octanol–water partition coefficient (Wildman–Crippen LogP) is 1.62. The first-order chi connectivity index (χ1) is 13.7. The number of methoxy groups -OCH3 is 1. The van der Waals surface area contributed by atoms with Crippen LogP contribution in [0, 0.1) is 0 Å². The number of nitrogens with one attached hydrogen (secondary N) is 1. The number of rotatable bonds is 14. The molecular weight excluding hydrogens is 364 g/mol. The predicted molar refractivity (Wildman–Crippen MR) is 108 cm³/mol. The van der Waals surface area contributed by atoms with Gasteiger partial charge in [0, 0.05) is 33.2 Å². The third-order valence-corrected chi connectivity index (χ3v) is 4.22. The Morgan fingerprint density at radius 2 is 1.46 bits per heavy atom. The summed E-state index contributed by atoms with van der Waals surface area (Å²) >= 11 is 0. The lowest BCUT2D eigenvalue weighted by molar-refractivity contribution is -0.134. The van der Waals surface area contributed by atoms with Gasteiger partial charge in [0.25, 0.3) is 0 Å². The third-order valence-electron chi connectivity index (χ3n) is 4.22. The molecule has 1 aliphatic heterocycles. The highest BCUT2D eigenvalue weighted by Crippen LogP contribution is 2.13. The molecule has 8 nitrogen and oxygen atoms in total. The first kappa shape index (κ1) is 26.8. The Morgan fingerprint density at radius 3 is 2.00 bits per heavy atom. The molecule has 0 aliphatic carbocycles. The molecule has 1 N–H and O–H groups in total. The van der Waals surface area contributed by atoms with Gasteiger partial charge in [-0.1, -0.05) is 20.8 Å². The van der Waals surface area contributed by atoms with Gasteiger partial charge in [-0.25, -0.2) is 0 Å². The summed E-state index contributed by atoms with van der Waals surface area (Å²) in [7, 11) is 1.72. The molecule has 0 aromatic heterocycles. The largest absolute Gasteiger partial charge is 0.381 e. The number of carbonyl (C=O) groups excluding carboxylic acids is 2. The molecule has 28 heavy (non-hydrogen) atoms. The standard InChI is InChI=1S/C18H34N2O6.C2H6/c1-3-17(21)19-7-11-25-13-15-26-14-12-24-10-6-18(22)20-8-4-16(23-2)5-9-20;1-2/h16H,3-15H2,1-2H3,(H,19,21);1-2H3. The smallest absolute Gasteiger partial charge is 0.224 e. The van der Waals surface area contributed by atoms with Crippen molar-refractivity contribution in [3.8, 4) is 0 Å². The van der Waals surface area contributed by atoms with Crippen molar-refractivity contribution >= 4 is 11.8 Å². The summed E-state index contributed by atoms with van der Waals surface area (Å²) in [4.78, 5) is 24.9. The lowest BCUT2D eigenvalue weighted by Gasteiger charge is -2.31. The SMILES string of the molecule is CC.CCC(=O)NCCOCCOCCOCCC(=O)N1CCC(OC)CC1. The maximum Gasteiger partial charge on any atom is 0.224 e. The molecule has 8 heteroatoms. The number of amides is 2. The van der Waals surface area contributed by atoms with E-state index in [0.717, 1.165) is 25.9 Å². The van der Waals surface area contributed by atoms with Crippen LogP contribution in [0.5, 0.6) is 0 Å². The van der Waals surface area contributed by atoms with Gasteiger partial charge in [-0.15, -0.1) is 0 Å². The number of carbonyl (C=O) groups is 2. The Kier molecular flexibility index (Phi) is 18.3. The van der Waals surface area contributed by atoms with Crippen molar-refractivity contribution in [2.45, 2.75) is 52.6 Å². The highest BCUT2D eigenvalue weighted by Gasteiger charge is 2.21.